The fraction of sp³-hybridized carbons (Fsp3) is 0.111. The second-order valence-corrected chi connectivity index (χ2v) is 4.48. The van der Waals surface area contributed by atoms with E-state index in [9.17, 15) is 4.79 Å². The number of carboxylic acids is 1. The zero-order valence-corrected chi connectivity index (χ0v) is 11.2. The summed E-state index contributed by atoms with van der Waals surface area (Å²) < 4.78 is 6.34. The molecule has 1 aromatic rings. The van der Waals surface area contributed by atoms with Crippen molar-refractivity contribution < 1.29 is 14.6 Å². The molecule has 5 nitrogen and oxygen atoms in total. The van der Waals surface area contributed by atoms with Crippen molar-refractivity contribution in [3.05, 3.63) is 26.6 Å². The Bertz CT molecular complexity index is 412. The van der Waals surface area contributed by atoms with Crippen LogP contribution in [0.25, 0.3) is 0 Å². The predicted octanol–water partition coefficient (Wildman–Crippen LogP) is 1.97. The van der Waals surface area contributed by atoms with Crippen molar-refractivity contribution >= 4 is 44.0 Å². The van der Waals surface area contributed by atoms with E-state index in [0.29, 0.717) is 14.7 Å². The first kappa shape index (κ1) is 13.0. The Kier molecular flexibility index (Phi) is 4.75. The predicted molar refractivity (Wildman–Crippen MR) is 66.8 cm³/mol. The monoisotopic (exact) mass is 350 g/mol. The van der Waals surface area contributed by atoms with Crippen molar-refractivity contribution in [2.45, 2.75) is 0 Å². The maximum Gasteiger partial charge on any atom is 0.341 e. The molecule has 0 bridgehead atoms. The lowest BCUT2D eigenvalue weighted by atomic mass is 10.2. The molecule has 16 heavy (non-hydrogen) atoms. The third kappa shape index (κ3) is 3.49. The summed E-state index contributed by atoms with van der Waals surface area (Å²) in [6.07, 6.45) is 1.47. The molecule has 1 aromatic carbocycles. The Labute approximate surface area is 109 Å². The van der Waals surface area contributed by atoms with Gasteiger partial charge in [0.2, 0.25) is 0 Å². The molecule has 0 radical (unpaired) electrons. The van der Waals surface area contributed by atoms with Gasteiger partial charge in [0.05, 0.1) is 15.2 Å². The van der Waals surface area contributed by atoms with Gasteiger partial charge in [0.15, 0.2) is 6.61 Å². The molecule has 0 aromatic heterocycles. The molecule has 0 amide bonds. The van der Waals surface area contributed by atoms with E-state index in [1.54, 1.807) is 12.1 Å². The van der Waals surface area contributed by atoms with E-state index in [4.69, 9.17) is 15.7 Å². The van der Waals surface area contributed by atoms with Crippen LogP contribution in [0.1, 0.15) is 5.56 Å². The largest absolute Gasteiger partial charge is 0.480 e. The van der Waals surface area contributed by atoms with Gasteiger partial charge in [-0.1, -0.05) is 0 Å². The molecule has 0 heterocycles. The van der Waals surface area contributed by atoms with Crippen molar-refractivity contribution in [3.63, 3.8) is 0 Å². The summed E-state index contributed by atoms with van der Waals surface area (Å²) >= 11 is 6.54. The number of rotatable bonds is 4. The number of carbonyl (C=O) groups is 1. The Morgan fingerprint density at radius 2 is 2.06 bits per heavy atom. The molecule has 0 spiro atoms. The average Bonchev–Trinajstić information content (AvgIpc) is 2.16. The molecule has 0 aliphatic carbocycles. The number of benzene rings is 1. The van der Waals surface area contributed by atoms with Crippen LogP contribution in [-0.2, 0) is 4.79 Å². The first-order valence-electron chi connectivity index (χ1n) is 4.11. The molecule has 0 saturated heterocycles. The average molecular weight is 352 g/mol. The third-order valence-corrected chi connectivity index (χ3v) is 2.76. The van der Waals surface area contributed by atoms with Gasteiger partial charge < -0.3 is 15.7 Å². The van der Waals surface area contributed by atoms with E-state index in [1.165, 1.54) is 6.21 Å². The first-order chi connectivity index (χ1) is 7.54. The van der Waals surface area contributed by atoms with Gasteiger partial charge in [-0.05, 0) is 49.6 Å². The van der Waals surface area contributed by atoms with Crippen molar-refractivity contribution in [1.29, 1.82) is 0 Å². The molecule has 0 saturated carbocycles. The lowest BCUT2D eigenvalue weighted by Gasteiger charge is -2.09. The first-order valence-corrected chi connectivity index (χ1v) is 5.70. The van der Waals surface area contributed by atoms with Crippen LogP contribution in [0.15, 0.2) is 26.2 Å². The number of nitrogens with two attached hydrogens (primary N) is 1. The van der Waals surface area contributed by atoms with Crippen LogP contribution in [0.4, 0.5) is 0 Å². The molecule has 0 aliphatic rings. The fourth-order valence-electron chi connectivity index (χ4n) is 1.01. The van der Waals surface area contributed by atoms with Crippen LogP contribution >= 0.6 is 31.9 Å². The fourth-order valence-corrected chi connectivity index (χ4v) is 2.46. The summed E-state index contributed by atoms with van der Waals surface area (Å²) in [5, 5.41) is 11.9. The highest BCUT2D eigenvalue weighted by molar-refractivity contribution is 9.11. The number of carboxylic acid groups (broad SMARTS) is 1. The molecule has 0 aliphatic heterocycles. The maximum atomic E-state index is 10.4. The summed E-state index contributed by atoms with van der Waals surface area (Å²) in [5.74, 6) is 4.42. The Morgan fingerprint density at radius 3 is 2.50 bits per heavy atom. The van der Waals surface area contributed by atoms with Gasteiger partial charge in [-0.15, -0.1) is 0 Å². The number of ether oxygens (including phenoxy) is 1. The molecule has 7 heteroatoms. The van der Waals surface area contributed by atoms with Crippen LogP contribution in [0, 0.1) is 0 Å². The third-order valence-electron chi connectivity index (χ3n) is 1.58. The lowest BCUT2D eigenvalue weighted by molar-refractivity contribution is -0.139. The molecule has 1 rings (SSSR count). The number of halogens is 2. The van der Waals surface area contributed by atoms with Crippen molar-refractivity contribution in [3.8, 4) is 5.75 Å². The van der Waals surface area contributed by atoms with Gasteiger partial charge in [0.1, 0.15) is 5.75 Å². The highest BCUT2D eigenvalue weighted by Crippen LogP contribution is 2.34. The standard InChI is InChI=1S/C9H8Br2N2O3/c10-6-1-5(3-13-12)2-7(11)9(6)16-4-8(14)15/h1-3H,4,12H2,(H,14,15). The lowest BCUT2D eigenvalue weighted by Crippen LogP contribution is -2.10. The number of nitrogens with zero attached hydrogens (tertiary/aromatic N) is 1. The molecule has 0 unspecified atom stereocenters. The van der Waals surface area contributed by atoms with Gasteiger partial charge in [-0.2, -0.15) is 5.10 Å². The van der Waals surface area contributed by atoms with Gasteiger partial charge in [0.25, 0.3) is 0 Å². The number of aliphatic carboxylic acids is 1. The second kappa shape index (κ2) is 5.86. The maximum absolute atomic E-state index is 10.4. The van der Waals surface area contributed by atoms with Gasteiger partial charge in [-0.3, -0.25) is 0 Å². The zero-order valence-electron chi connectivity index (χ0n) is 7.98. The topological polar surface area (TPSA) is 84.9 Å². The van der Waals surface area contributed by atoms with Gasteiger partial charge in [0, 0.05) is 0 Å². The molecular formula is C9H8Br2N2O3. The number of hydrazone groups is 1. The molecule has 0 atom stereocenters. The normalized spacial score (nSPS) is 10.6. The second-order valence-electron chi connectivity index (χ2n) is 2.77. The minimum atomic E-state index is -1.04. The van der Waals surface area contributed by atoms with Crippen molar-refractivity contribution in [2.75, 3.05) is 6.61 Å². The molecule has 86 valence electrons. The van der Waals surface area contributed by atoms with E-state index < -0.39 is 12.6 Å². The van der Waals surface area contributed by atoms with Crippen LogP contribution in [-0.4, -0.2) is 23.9 Å². The SMILES string of the molecule is NN=Cc1cc(Br)c(OCC(=O)O)c(Br)c1. The highest BCUT2D eigenvalue weighted by Gasteiger charge is 2.09. The summed E-state index contributed by atoms with van der Waals surface area (Å²) in [6, 6.07) is 3.44. The van der Waals surface area contributed by atoms with Crippen molar-refractivity contribution in [1.82, 2.24) is 0 Å². The Hall–Kier alpha value is -1.08. The highest BCUT2D eigenvalue weighted by atomic mass is 79.9. The van der Waals surface area contributed by atoms with Crippen LogP contribution in [0.5, 0.6) is 5.75 Å². The number of hydrogen-bond donors (Lipinski definition) is 2. The van der Waals surface area contributed by atoms with Gasteiger partial charge in [-0.25, -0.2) is 4.79 Å². The quantitative estimate of drug-likeness (QED) is 0.493. The summed E-state index contributed by atoms with van der Waals surface area (Å²) in [7, 11) is 0. The minimum absolute atomic E-state index is 0.401. The Morgan fingerprint density at radius 1 is 1.50 bits per heavy atom. The van der Waals surface area contributed by atoms with E-state index in [0.717, 1.165) is 5.56 Å². The van der Waals surface area contributed by atoms with Crippen LogP contribution in [0.2, 0.25) is 0 Å². The smallest absolute Gasteiger partial charge is 0.341 e. The molecule has 3 N–H and O–H groups in total. The van der Waals surface area contributed by atoms with E-state index in [1.807, 2.05) is 0 Å². The van der Waals surface area contributed by atoms with E-state index in [-0.39, 0.29) is 0 Å². The van der Waals surface area contributed by atoms with E-state index in [2.05, 4.69) is 37.0 Å². The van der Waals surface area contributed by atoms with Crippen LogP contribution < -0.4 is 10.6 Å². The number of hydrogen-bond acceptors (Lipinski definition) is 4. The van der Waals surface area contributed by atoms with Crippen LogP contribution in [0.3, 0.4) is 0 Å². The van der Waals surface area contributed by atoms with Gasteiger partial charge >= 0.3 is 5.97 Å². The summed E-state index contributed by atoms with van der Waals surface area (Å²) in [4.78, 5) is 10.4. The summed E-state index contributed by atoms with van der Waals surface area (Å²) in [5.41, 5.74) is 0.768. The summed E-state index contributed by atoms with van der Waals surface area (Å²) in [6.45, 7) is -0.401. The van der Waals surface area contributed by atoms with E-state index >= 15 is 0 Å². The zero-order chi connectivity index (χ0) is 12.1. The minimum Gasteiger partial charge on any atom is -0.480 e. The molecule has 0 fully saturated rings. The van der Waals surface area contributed by atoms with Crippen molar-refractivity contribution in [2.24, 2.45) is 10.9 Å². The Balaban J connectivity index is 2.98. The molecular weight excluding hydrogens is 344 g/mol.